The molecule has 0 aromatic rings. The van der Waals surface area contributed by atoms with Gasteiger partial charge in [0.1, 0.15) is 0 Å². The molecule has 0 bridgehead atoms. The summed E-state index contributed by atoms with van der Waals surface area (Å²) in [6.07, 6.45) is 0. The van der Waals surface area contributed by atoms with Gasteiger partial charge in [-0.1, -0.05) is 8.67 Å². The fourth-order valence-electron chi connectivity index (χ4n) is 0.0702. The molecule has 0 heterocycles. The Balaban J connectivity index is -0.000000251. The average molecular weight is 362 g/mol. The van der Waals surface area contributed by atoms with Crippen molar-refractivity contribution >= 4 is 40.1 Å². The minimum Gasteiger partial charge on any atom is -0.736 e. The first-order chi connectivity index (χ1) is 7.15. The summed E-state index contributed by atoms with van der Waals surface area (Å²) in [7, 11) is -18.3. The molecule has 0 aromatic carbocycles. The van der Waals surface area contributed by atoms with E-state index in [-0.39, 0.29) is 29.6 Å². The first kappa shape index (κ1) is 23.8. The van der Waals surface area contributed by atoms with Gasteiger partial charge in [0.2, 0.25) is 9.15 Å². The summed E-state index contributed by atoms with van der Waals surface area (Å²) < 4.78 is 103. The van der Waals surface area contributed by atoms with Crippen LogP contribution in [0.5, 0.6) is 0 Å². The molecule has 0 aliphatic carbocycles. The first-order valence-electron chi connectivity index (χ1n) is 2.55. The van der Waals surface area contributed by atoms with Gasteiger partial charge in [0.15, 0.2) is 0 Å². The molecule has 0 rings (SSSR count). The molecular formula is H3NaO13S4. The second-order valence-corrected chi connectivity index (χ2v) is 6.93. The molecule has 0 aliphatic rings. The summed E-state index contributed by atoms with van der Waals surface area (Å²) in [6, 6.07) is 0. The largest absolute Gasteiger partial charge is 1.00 e. The van der Waals surface area contributed by atoms with Crippen molar-refractivity contribution in [1.82, 2.24) is 0 Å². The van der Waals surface area contributed by atoms with Crippen LogP contribution in [0.1, 0.15) is 0 Å². The van der Waals surface area contributed by atoms with E-state index in [1.807, 2.05) is 0 Å². The quantitative estimate of drug-likeness (QED) is 0.106. The van der Waals surface area contributed by atoms with Crippen LogP contribution in [0, 0.1) is 0 Å². The molecule has 0 spiro atoms. The van der Waals surface area contributed by atoms with Gasteiger partial charge in [-0.15, -0.1) is 0 Å². The van der Waals surface area contributed by atoms with Crippen LogP contribution in [-0.4, -0.2) is 47.7 Å². The third kappa shape index (κ3) is 22.0. The minimum absolute atomic E-state index is 0. The third-order valence-electron chi connectivity index (χ3n) is 0.374. The Hall–Kier alpha value is 0.760. The van der Waals surface area contributed by atoms with Gasteiger partial charge in [-0.2, -0.15) is 16.8 Å². The maximum absolute atomic E-state index is 9.51. The second kappa shape index (κ2) is 8.84. The smallest absolute Gasteiger partial charge is 0.736 e. The molecule has 0 radical (unpaired) electrons. The minimum atomic E-state index is -5.02. The Morgan fingerprint density at radius 1 is 0.889 bits per heavy atom. The fraction of sp³-hybridized carbons (Fsp3) is 0. The molecule has 0 saturated heterocycles. The maximum Gasteiger partial charge on any atom is 1.00 e. The monoisotopic (exact) mass is 362 g/mol. The van der Waals surface area contributed by atoms with Crippen LogP contribution in [0.15, 0.2) is 0 Å². The molecule has 13 nitrogen and oxygen atoms in total. The third-order valence-corrected chi connectivity index (χ3v) is 2.34. The van der Waals surface area contributed by atoms with Crippen molar-refractivity contribution in [2.45, 2.75) is 0 Å². The molecule has 3 N–H and O–H groups in total. The van der Waals surface area contributed by atoms with Gasteiger partial charge in [0.25, 0.3) is 10.1 Å². The van der Waals surface area contributed by atoms with Crippen LogP contribution in [0.3, 0.4) is 0 Å². The standard InChI is InChI=1S/Na.H2O8S2.H2O5S2/c;1-9(2,3)7-8-10(4,5)6;1-6(2)7(3,4)5/h;(H,1,2,3)(H,4,5,6);(H,1,2)(H,3,4,5)/q+1;;/p-1. The van der Waals surface area contributed by atoms with E-state index in [1.54, 1.807) is 0 Å². The van der Waals surface area contributed by atoms with Crippen molar-refractivity contribution in [3.63, 3.8) is 0 Å². The van der Waals surface area contributed by atoms with Crippen LogP contribution >= 0.6 is 0 Å². The predicted octanol–water partition coefficient (Wildman–Crippen LogP) is -5.79. The Bertz CT molecular complexity index is 512. The number of rotatable bonds is 4. The predicted molar refractivity (Wildman–Crippen MR) is 45.7 cm³/mol. The van der Waals surface area contributed by atoms with E-state index in [0.717, 1.165) is 0 Å². The summed E-state index contributed by atoms with van der Waals surface area (Å²) in [5.41, 5.74) is 0. The Labute approximate surface area is 125 Å². The van der Waals surface area contributed by atoms with Crippen molar-refractivity contribution in [3.05, 3.63) is 0 Å². The van der Waals surface area contributed by atoms with Crippen molar-refractivity contribution < 1.29 is 85.9 Å². The van der Waals surface area contributed by atoms with E-state index in [2.05, 4.69) is 8.67 Å². The topological polar surface area (TPSA) is 222 Å². The zero-order chi connectivity index (χ0) is 14.5. The molecule has 1 atom stereocenters. The Morgan fingerprint density at radius 2 is 1.06 bits per heavy atom. The Kier molecular flexibility index (Phi) is 11.7. The van der Waals surface area contributed by atoms with Crippen LogP contribution in [0.4, 0.5) is 0 Å². The molecule has 18 heavy (non-hydrogen) atoms. The first-order valence-corrected chi connectivity index (χ1v) is 8.31. The van der Waals surface area contributed by atoms with Crippen LogP contribution < -0.4 is 29.6 Å². The Morgan fingerprint density at radius 3 is 1.11 bits per heavy atom. The van der Waals surface area contributed by atoms with Crippen molar-refractivity contribution in [2.75, 3.05) is 0 Å². The van der Waals surface area contributed by atoms with Gasteiger partial charge in [0.05, 0.1) is 0 Å². The van der Waals surface area contributed by atoms with Gasteiger partial charge >= 0.3 is 50.4 Å². The van der Waals surface area contributed by atoms with Gasteiger partial charge in [-0.3, -0.25) is 13.7 Å². The molecular weight excluding hydrogens is 359 g/mol. The molecule has 0 saturated carbocycles. The van der Waals surface area contributed by atoms with Crippen LogP contribution in [-0.2, 0) is 48.7 Å². The van der Waals surface area contributed by atoms with Crippen molar-refractivity contribution in [3.8, 4) is 0 Å². The molecule has 0 aliphatic heterocycles. The van der Waals surface area contributed by atoms with E-state index in [0.29, 0.717) is 0 Å². The number of hydrogen-bond acceptors (Lipinski definition) is 10. The van der Waals surface area contributed by atoms with E-state index in [1.165, 1.54) is 0 Å². The molecule has 0 fully saturated rings. The SMILES string of the molecule is O=S(=O)(O)OOS(=O)(=O)O.O=S(O)S(=O)(=O)[O-].[Na+]. The normalized spacial score (nSPS) is 13.8. The van der Waals surface area contributed by atoms with Gasteiger partial charge in [-0.25, -0.2) is 12.6 Å². The van der Waals surface area contributed by atoms with Crippen LogP contribution in [0.2, 0.25) is 0 Å². The van der Waals surface area contributed by atoms with Crippen molar-refractivity contribution in [1.29, 1.82) is 0 Å². The second-order valence-electron chi connectivity index (χ2n) is 1.62. The summed E-state index contributed by atoms with van der Waals surface area (Å²) in [5.74, 6) is 0. The average Bonchev–Trinajstić information content (AvgIpc) is 1.97. The summed E-state index contributed by atoms with van der Waals surface area (Å²) >= 11 is 0. The summed E-state index contributed by atoms with van der Waals surface area (Å²) in [5, 5.41) is 0. The van der Waals surface area contributed by atoms with Gasteiger partial charge in [0, 0.05) is 0 Å². The molecule has 0 amide bonds. The zero-order valence-electron chi connectivity index (χ0n) is 8.06. The van der Waals surface area contributed by atoms with Gasteiger partial charge in [-0.05, 0) is 0 Å². The molecule has 1 unspecified atom stereocenters. The van der Waals surface area contributed by atoms with E-state index in [4.69, 9.17) is 13.7 Å². The van der Waals surface area contributed by atoms with E-state index >= 15 is 0 Å². The van der Waals surface area contributed by atoms with Crippen LogP contribution in [0.25, 0.3) is 0 Å². The summed E-state index contributed by atoms with van der Waals surface area (Å²) in [4.78, 5) is 0. The molecule has 106 valence electrons. The van der Waals surface area contributed by atoms with Crippen molar-refractivity contribution in [2.24, 2.45) is 0 Å². The number of hydrogen-bond donors (Lipinski definition) is 3. The molecule has 0 aromatic heterocycles. The zero-order valence-corrected chi connectivity index (χ0v) is 13.3. The van der Waals surface area contributed by atoms with E-state index < -0.39 is 40.1 Å². The molecule has 18 heteroatoms. The van der Waals surface area contributed by atoms with E-state index in [9.17, 15) is 34.0 Å². The summed E-state index contributed by atoms with van der Waals surface area (Å²) in [6.45, 7) is 0. The maximum atomic E-state index is 9.51. The van der Waals surface area contributed by atoms with Gasteiger partial charge < -0.3 is 4.55 Å². The fourth-order valence-corrected chi connectivity index (χ4v) is 0.632.